The van der Waals surface area contributed by atoms with Crippen LogP contribution in [0.1, 0.15) is 0 Å². The highest BCUT2D eigenvalue weighted by Gasteiger charge is 2.03. The fourth-order valence-electron chi connectivity index (χ4n) is 1.20. The SMILES string of the molecule is O=c1ccc(Br)c2cccc(F)n12. The van der Waals surface area contributed by atoms with Gasteiger partial charge in [0.2, 0.25) is 5.95 Å². The molecule has 0 aliphatic carbocycles. The van der Waals surface area contributed by atoms with E-state index in [0.717, 1.165) is 4.40 Å². The predicted octanol–water partition coefficient (Wildman–Crippen LogP) is 2.20. The number of hydrogen-bond acceptors (Lipinski definition) is 1. The molecule has 2 aromatic heterocycles. The molecule has 66 valence electrons. The van der Waals surface area contributed by atoms with Crippen molar-refractivity contribution in [3.8, 4) is 0 Å². The molecule has 0 atom stereocenters. The van der Waals surface area contributed by atoms with Gasteiger partial charge in [-0.1, -0.05) is 6.07 Å². The van der Waals surface area contributed by atoms with Crippen molar-refractivity contribution in [3.05, 3.63) is 51.1 Å². The smallest absolute Gasteiger partial charge is 0.257 e. The van der Waals surface area contributed by atoms with Crippen LogP contribution in [-0.4, -0.2) is 4.40 Å². The molecule has 0 spiro atoms. The van der Waals surface area contributed by atoms with E-state index in [2.05, 4.69) is 15.9 Å². The van der Waals surface area contributed by atoms with Crippen LogP contribution in [0.3, 0.4) is 0 Å². The lowest BCUT2D eigenvalue weighted by Gasteiger charge is -2.02. The molecule has 2 nitrogen and oxygen atoms in total. The third-order valence-electron chi connectivity index (χ3n) is 1.78. The molecule has 0 saturated carbocycles. The van der Waals surface area contributed by atoms with Crippen molar-refractivity contribution < 1.29 is 4.39 Å². The molecule has 0 bridgehead atoms. The first-order valence-corrected chi connectivity index (χ1v) is 4.45. The summed E-state index contributed by atoms with van der Waals surface area (Å²) in [6, 6.07) is 7.42. The van der Waals surface area contributed by atoms with Gasteiger partial charge in [-0.05, 0) is 34.1 Å². The second kappa shape index (κ2) is 2.96. The molecule has 0 aromatic carbocycles. The van der Waals surface area contributed by atoms with Crippen LogP contribution in [0.25, 0.3) is 5.52 Å². The summed E-state index contributed by atoms with van der Waals surface area (Å²) in [5.74, 6) is -0.552. The van der Waals surface area contributed by atoms with E-state index >= 15 is 0 Å². The summed E-state index contributed by atoms with van der Waals surface area (Å²) in [4.78, 5) is 11.3. The quantitative estimate of drug-likeness (QED) is 0.649. The number of fused-ring (bicyclic) bond motifs is 1. The fourth-order valence-corrected chi connectivity index (χ4v) is 1.64. The average Bonchev–Trinajstić information content (AvgIpc) is 2.12. The summed E-state index contributed by atoms with van der Waals surface area (Å²) in [7, 11) is 0. The van der Waals surface area contributed by atoms with Gasteiger partial charge in [-0.25, -0.2) is 0 Å². The van der Waals surface area contributed by atoms with Crippen LogP contribution < -0.4 is 5.56 Å². The Morgan fingerprint density at radius 3 is 2.69 bits per heavy atom. The second-order valence-electron chi connectivity index (χ2n) is 2.59. The molecule has 0 amide bonds. The summed E-state index contributed by atoms with van der Waals surface area (Å²) < 4.78 is 14.9. The number of halogens is 2. The van der Waals surface area contributed by atoms with E-state index in [9.17, 15) is 9.18 Å². The van der Waals surface area contributed by atoms with E-state index in [0.29, 0.717) is 9.99 Å². The van der Waals surface area contributed by atoms with Gasteiger partial charge in [0.25, 0.3) is 5.56 Å². The van der Waals surface area contributed by atoms with Crippen LogP contribution in [0.5, 0.6) is 0 Å². The predicted molar refractivity (Wildman–Crippen MR) is 51.3 cm³/mol. The van der Waals surface area contributed by atoms with Gasteiger partial charge in [0.15, 0.2) is 0 Å². The maximum atomic E-state index is 13.2. The molecule has 2 rings (SSSR count). The molecule has 0 saturated heterocycles. The van der Waals surface area contributed by atoms with E-state index in [1.54, 1.807) is 18.2 Å². The highest BCUT2D eigenvalue weighted by atomic mass is 79.9. The first-order chi connectivity index (χ1) is 6.20. The van der Waals surface area contributed by atoms with Crippen LogP contribution in [-0.2, 0) is 0 Å². The molecular weight excluding hydrogens is 237 g/mol. The van der Waals surface area contributed by atoms with Crippen LogP contribution in [0.15, 0.2) is 39.6 Å². The van der Waals surface area contributed by atoms with E-state index in [4.69, 9.17) is 0 Å². The Morgan fingerprint density at radius 2 is 2.00 bits per heavy atom. The number of rotatable bonds is 0. The molecule has 2 heterocycles. The van der Waals surface area contributed by atoms with Gasteiger partial charge < -0.3 is 0 Å². The van der Waals surface area contributed by atoms with Gasteiger partial charge in [-0.15, -0.1) is 0 Å². The molecule has 4 heteroatoms. The Balaban J connectivity index is 3.09. The van der Waals surface area contributed by atoms with Gasteiger partial charge in [0.1, 0.15) is 0 Å². The lowest BCUT2D eigenvalue weighted by Crippen LogP contribution is -2.14. The topological polar surface area (TPSA) is 21.5 Å². The zero-order valence-corrected chi connectivity index (χ0v) is 8.08. The Hall–Kier alpha value is -1.16. The molecule has 0 radical (unpaired) electrons. The first kappa shape index (κ1) is 8.44. The number of nitrogens with zero attached hydrogens (tertiary/aromatic N) is 1. The van der Waals surface area contributed by atoms with E-state index < -0.39 is 5.95 Å². The van der Waals surface area contributed by atoms with Gasteiger partial charge in [-0.3, -0.25) is 9.20 Å². The van der Waals surface area contributed by atoms with E-state index in [-0.39, 0.29) is 5.56 Å². The maximum Gasteiger partial charge on any atom is 0.257 e. The third kappa shape index (κ3) is 1.27. The summed E-state index contributed by atoms with van der Waals surface area (Å²) in [5, 5.41) is 0. The molecule has 0 aliphatic rings. The largest absolute Gasteiger partial charge is 0.269 e. The normalized spacial score (nSPS) is 10.6. The number of pyridine rings is 2. The van der Waals surface area contributed by atoms with E-state index in [1.807, 2.05) is 0 Å². The Kier molecular flexibility index (Phi) is 1.92. The van der Waals surface area contributed by atoms with Gasteiger partial charge in [0.05, 0.1) is 5.52 Å². The van der Waals surface area contributed by atoms with Gasteiger partial charge >= 0.3 is 0 Å². The van der Waals surface area contributed by atoms with E-state index in [1.165, 1.54) is 12.1 Å². The standard InChI is InChI=1S/C9H5BrFNO/c10-6-4-5-9(13)12-7(6)2-1-3-8(12)11/h1-5H. The van der Waals surface area contributed by atoms with Crippen molar-refractivity contribution in [2.24, 2.45) is 0 Å². The average molecular weight is 242 g/mol. The number of hydrogen-bond donors (Lipinski definition) is 0. The minimum absolute atomic E-state index is 0.365. The molecular formula is C9H5BrFNO. The Labute approximate surface area is 81.8 Å². The molecule has 0 unspecified atom stereocenters. The van der Waals surface area contributed by atoms with Crippen LogP contribution in [0, 0.1) is 5.95 Å². The van der Waals surface area contributed by atoms with Gasteiger partial charge in [0, 0.05) is 10.5 Å². The monoisotopic (exact) mass is 241 g/mol. The second-order valence-corrected chi connectivity index (χ2v) is 3.44. The van der Waals surface area contributed by atoms with Gasteiger partial charge in [-0.2, -0.15) is 4.39 Å². The van der Waals surface area contributed by atoms with Crippen molar-refractivity contribution in [1.29, 1.82) is 0 Å². The number of aromatic nitrogens is 1. The van der Waals surface area contributed by atoms with Crippen LogP contribution in [0.4, 0.5) is 4.39 Å². The van der Waals surface area contributed by atoms with Crippen molar-refractivity contribution >= 4 is 21.4 Å². The first-order valence-electron chi connectivity index (χ1n) is 3.66. The van der Waals surface area contributed by atoms with Crippen LogP contribution in [0.2, 0.25) is 0 Å². The summed E-state index contributed by atoms with van der Waals surface area (Å²) in [6.45, 7) is 0. The summed E-state index contributed by atoms with van der Waals surface area (Å²) >= 11 is 3.24. The maximum absolute atomic E-state index is 13.2. The Morgan fingerprint density at radius 1 is 1.23 bits per heavy atom. The lowest BCUT2D eigenvalue weighted by atomic mass is 10.3. The highest BCUT2D eigenvalue weighted by Crippen LogP contribution is 2.15. The fraction of sp³-hybridized carbons (Fsp3) is 0. The summed E-state index contributed by atoms with van der Waals surface area (Å²) in [5.41, 5.74) is 0.170. The third-order valence-corrected chi connectivity index (χ3v) is 2.45. The van der Waals surface area contributed by atoms with Crippen molar-refractivity contribution in [2.45, 2.75) is 0 Å². The molecule has 0 N–H and O–H groups in total. The molecule has 13 heavy (non-hydrogen) atoms. The Bertz CT molecular complexity index is 520. The van der Waals surface area contributed by atoms with Crippen molar-refractivity contribution in [3.63, 3.8) is 0 Å². The minimum atomic E-state index is -0.552. The summed E-state index contributed by atoms with van der Waals surface area (Å²) in [6.07, 6.45) is 0. The lowest BCUT2D eigenvalue weighted by molar-refractivity contribution is 0.561. The zero-order valence-electron chi connectivity index (χ0n) is 6.50. The molecule has 0 fully saturated rings. The zero-order chi connectivity index (χ0) is 9.42. The minimum Gasteiger partial charge on any atom is -0.269 e. The highest BCUT2D eigenvalue weighted by molar-refractivity contribution is 9.10. The molecule has 2 aromatic rings. The van der Waals surface area contributed by atoms with Crippen molar-refractivity contribution in [1.82, 2.24) is 4.40 Å². The van der Waals surface area contributed by atoms with Crippen LogP contribution >= 0.6 is 15.9 Å². The van der Waals surface area contributed by atoms with Crippen molar-refractivity contribution in [2.75, 3.05) is 0 Å². The molecule has 0 aliphatic heterocycles.